The van der Waals surface area contributed by atoms with Gasteiger partial charge in [0.15, 0.2) is 0 Å². The Morgan fingerprint density at radius 2 is 1.83 bits per heavy atom. The largest absolute Gasteiger partial charge is 0.307 e. The summed E-state index contributed by atoms with van der Waals surface area (Å²) in [5, 5.41) is 8.54. The van der Waals surface area contributed by atoms with E-state index in [2.05, 4.69) is 20.4 Å². The first kappa shape index (κ1) is 20.1. The van der Waals surface area contributed by atoms with Crippen LogP contribution in [0.25, 0.3) is 0 Å². The van der Waals surface area contributed by atoms with Gasteiger partial charge in [-0.2, -0.15) is 5.10 Å². The van der Waals surface area contributed by atoms with Crippen LogP contribution in [0.4, 0.5) is 5.82 Å². The summed E-state index contributed by atoms with van der Waals surface area (Å²) in [6, 6.07) is 16.5. The van der Waals surface area contributed by atoms with Gasteiger partial charge in [-0.05, 0) is 48.9 Å². The molecule has 0 aliphatic rings. The van der Waals surface area contributed by atoms with Gasteiger partial charge in [0.2, 0.25) is 0 Å². The van der Waals surface area contributed by atoms with E-state index < -0.39 is 0 Å². The third-order valence-electron chi connectivity index (χ3n) is 4.53. The van der Waals surface area contributed by atoms with Crippen LogP contribution in [0, 0.1) is 0 Å². The van der Waals surface area contributed by atoms with Crippen molar-refractivity contribution in [3.63, 3.8) is 0 Å². The van der Waals surface area contributed by atoms with Gasteiger partial charge in [-0.3, -0.25) is 9.78 Å². The Hall–Kier alpha value is -3.16. The number of carbonyl (C=O) groups excluding carboxylic acids is 1. The number of hydrogen-bond acceptors (Lipinski definition) is 5. The molecule has 1 atom stereocenters. The molecule has 4 rings (SSSR count). The number of benzene rings is 1. The number of nitrogens with one attached hydrogen (secondary N) is 1. The lowest BCUT2D eigenvalue weighted by atomic mass is 10.1. The second kappa shape index (κ2) is 9.11. The maximum Gasteiger partial charge on any atom is 0.259 e. The molecule has 3 heterocycles. The normalized spacial score (nSPS) is 11.8. The summed E-state index contributed by atoms with van der Waals surface area (Å²) in [5.74, 6) is 0.336. The molecule has 150 valence electrons. The van der Waals surface area contributed by atoms with Gasteiger partial charge in [-0.15, -0.1) is 0 Å². The zero-order valence-electron chi connectivity index (χ0n) is 16.1. The third kappa shape index (κ3) is 4.37. The molecule has 0 spiro atoms. The van der Waals surface area contributed by atoms with E-state index in [0.29, 0.717) is 21.4 Å². The first-order valence-electron chi connectivity index (χ1n) is 9.25. The van der Waals surface area contributed by atoms with E-state index in [9.17, 15) is 4.79 Å². The minimum Gasteiger partial charge on any atom is -0.307 e. The predicted molar refractivity (Wildman–Crippen MR) is 118 cm³/mol. The summed E-state index contributed by atoms with van der Waals surface area (Å²) in [7, 11) is 0. The fourth-order valence-electron chi connectivity index (χ4n) is 2.97. The van der Waals surface area contributed by atoms with Crippen LogP contribution in [-0.2, 0) is 0 Å². The second-order valence-electron chi connectivity index (χ2n) is 6.46. The number of anilines is 1. The highest BCUT2D eigenvalue weighted by Gasteiger charge is 2.18. The van der Waals surface area contributed by atoms with Crippen molar-refractivity contribution in [3.8, 4) is 0 Å². The SMILES string of the molecule is CC(c1ccncc1)n1nccc1NC(=O)c1cccnc1Sc1ccccc1Cl. The lowest BCUT2D eigenvalue weighted by Crippen LogP contribution is -2.19. The minimum atomic E-state index is -0.263. The van der Waals surface area contributed by atoms with Gasteiger partial charge in [-0.1, -0.05) is 35.5 Å². The molecule has 1 unspecified atom stereocenters. The molecule has 0 aliphatic heterocycles. The molecule has 3 aromatic heterocycles. The number of rotatable bonds is 6. The van der Waals surface area contributed by atoms with Crippen molar-refractivity contribution >= 4 is 35.1 Å². The molecule has 0 saturated carbocycles. The Kier molecular flexibility index (Phi) is 6.11. The Morgan fingerprint density at radius 1 is 1.03 bits per heavy atom. The summed E-state index contributed by atoms with van der Waals surface area (Å²) in [6.45, 7) is 2.01. The zero-order chi connectivity index (χ0) is 20.9. The molecule has 0 bridgehead atoms. The van der Waals surface area contributed by atoms with Crippen molar-refractivity contribution in [1.82, 2.24) is 19.7 Å². The number of amides is 1. The molecule has 1 aromatic carbocycles. The van der Waals surface area contributed by atoms with Crippen molar-refractivity contribution in [1.29, 1.82) is 0 Å². The summed E-state index contributed by atoms with van der Waals surface area (Å²) in [4.78, 5) is 22.3. The van der Waals surface area contributed by atoms with E-state index in [4.69, 9.17) is 11.6 Å². The van der Waals surface area contributed by atoms with Gasteiger partial charge < -0.3 is 5.32 Å². The minimum absolute atomic E-state index is 0.0656. The molecule has 0 fully saturated rings. The van der Waals surface area contributed by atoms with E-state index in [-0.39, 0.29) is 11.9 Å². The highest BCUT2D eigenvalue weighted by atomic mass is 35.5. The summed E-state index contributed by atoms with van der Waals surface area (Å²) < 4.78 is 1.77. The Labute approximate surface area is 183 Å². The molecule has 1 amide bonds. The highest BCUT2D eigenvalue weighted by Crippen LogP contribution is 2.34. The summed E-state index contributed by atoms with van der Waals surface area (Å²) >= 11 is 7.63. The highest BCUT2D eigenvalue weighted by molar-refractivity contribution is 7.99. The van der Waals surface area contributed by atoms with Crippen LogP contribution in [0.1, 0.15) is 28.9 Å². The number of nitrogens with zero attached hydrogens (tertiary/aromatic N) is 4. The van der Waals surface area contributed by atoms with Crippen LogP contribution < -0.4 is 5.32 Å². The molecule has 30 heavy (non-hydrogen) atoms. The van der Waals surface area contributed by atoms with E-state index in [1.165, 1.54) is 11.8 Å². The molecule has 8 heteroatoms. The van der Waals surface area contributed by atoms with Crippen molar-refractivity contribution in [3.05, 3.63) is 95.5 Å². The molecule has 0 saturated heterocycles. The number of aromatic nitrogens is 4. The van der Waals surface area contributed by atoms with Crippen molar-refractivity contribution in [2.75, 3.05) is 5.32 Å². The standard InChI is InChI=1S/C22H18ClN5OS/c1-15(16-8-12-24-13-9-16)28-20(10-14-26-28)27-21(29)17-5-4-11-25-22(17)30-19-7-3-2-6-18(19)23/h2-15H,1H3,(H,27,29). The Morgan fingerprint density at radius 3 is 2.63 bits per heavy atom. The Bertz CT molecular complexity index is 1160. The average molecular weight is 436 g/mol. The zero-order valence-corrected chi connectivity index (χ0v) is 17.6. The Balaban J connectivity index is 1.58. The third-order valence-corrected chi connectivity index (χ3v) is 6.06. The first-order chi connectivity index (χ1) is 14.6. The van der Waals surface area contributed by atoms with E-state index >= 15 is 0 Å². The number of carbonyl (C=O) groups is 1. The first-order valence-corrected chi connectivity index (χ1v) is 10.4. The number of hydrogen-bond donors (Lipinski definition) is 1. The number of halogens is 1. The molecule has 1 N–H and O–H groups in total. The molecular weight excluding hydrogens is 418 g/mol. The molecule has 0 aliphatic carbocycles. The molecule has 6 nitrogen and oxygen atoms in total. The van der Waals surface area contributed by atoms with Crippen molar-refractivity contribution in [2.45, 2.75) is 22.9 Å². The molecule has 4 aromatic rings. The van der Waals surface area contributed by atoms with E-state index in [1.807, 2.05) is 43.3 Å². The van der Waals surface area contributed by atoms with Gasteiger partial charge in [0.05, 0.1) is 22.8 Å². The van der Waals surface area contributed by atoms with Gasteiger partial charge in [0.25, 0.3) is 5.91 Å². The summed E-state index contributed by atoms with van der Waals surface area (Å²) in [5.41, 5.74) is 1.51. The van der Waals surface area contributed by atoms with Gasteiger partial charge in [0, 0.05) is 29.6 Å². The number of pyridine rings is 2. The van der Waals surface area contributed by atoms with Crippen LogP contribution in [-0.4, -0.2) is 25.7 Å². The quantitative estimate of drug-likeness (QED) is 0.442. The maximum absolute atomic E-state index is 13.1. The average Bonchev–Trinajstić information content (AvgIpc) is 3.24. The lowest BCUT2D eigenvalue weighted by Gasteiger charge is -2.17. The fourth-order valence-corrected chi connectivity index (χ4v) is 4.12. The fraction of sp³-hybridized carbons (Fsp3) is 0.0909. The monoisotopic (exact) mass is 435 g/mol. The van der Waals surface area contributed by atoms with Crippen LogP contribution in [0.15, 0.2) is 89.3 Å². The maximum atomic E-state index is 13.1. The van der Waals surface area contributed by atoms with Gasteiger partial charge in [0.1, 0.15) is 10.8 Å². The van der Waals surface area contributed by atoms with E-state index in [0.717, 1.165) is 10.5 Å². The second-order valence-corrected chi connectivity index (χ2v) is 7.90. The van der Waals surface area contributed by atoms with Crippen LogP contribution in [0.3, 0.4) is 0 Å². The van der Waals surface area contributed by atoms with Crippen molar-refractivity contribution < 1.29 is 4.79 Å². The van der Waals surface area contributed by atoms with Crippen LogP contribution in [0.5, 0.6) is 0 Å². The van der Waals surface area contributed by atoms with Crippen LogP contribution >= 0.6 is 23.4 Å². The van der Waals surface area contributed by atoms with Gasteiger partial charge in [-0.25, -0.2) is 9.67 Å². The van der Waals surface area contributed by atoms with Crippen molar-refractivity contribution in [2.24, 2.45) is 0 Å². The lowest BCUT2D eigenvalue weighted by molar-refractivity contribution is 0.102. The topological polar surface area (TPSA) is 72.7 Å². The van der Waals surface area contributed by atoms with Gasteiger partial charge >= 0.3 is 0 Å². The predicted octanol–water partition coefficient (Wildman–Crippen LogP) is 5.34. The molecule has 0 radical (unpaired) electrons. The smallest absolute Gasteiger partial charge is 0.259 e. The van der Waals surface area contributed by atoms with Crippen LogP contribution in [0.2, 0.25) is 5.02 Å². The summed E-state index contributed by atoms with van der Waals surface area (Å²) in [6.07, 6.45) is 6.80. The van der Waals surface area contributed by atoms with E-state index in [1.54, 1.807) is 47.7 Å². The molecular formula is C22H18ClN5OS.